The number of thiophene rings is 1. The molecule has 0 spiro atoms. The quantitative estimate of drug-likeness (QED) is 0.0869. The molecule has 0 fully saturated rings. The molecule has 0 aliphatic rings. The van der Waals surface area contributed by atoms with Crippen molar-refractivity contribution >= 4 is 65.0 Å². The predicted octanol–water partition coefficient (Wildman–Crippen LogP) is 12.2. The second kappa shape index (κ2) is 13.4. The van der Waals surface area contributed by atoms with Gasteiger partial charge in [-0.25, -0.2) is 9.59 Å². The highest BCUT2D eigenvalue weighted by molar-refractivity contribution is 7.26. The number of hydrogen-bond acceptors (Lipinski definition) is 5. The maximum Gasteiger partial charge on any atom is 0.335 e. The Bertz CT molecular complexity index is 2500. The summed E-state index contributed by atoms with van der Waals surface area (Å²) in [6.07, 6.45) is 3.21. The molecule has 0 unspecified atom stereocenters. The van der Waals surface area contributed by atoms with E-state index < -0.39 is 11.9 Å². The van der Waals surface area contributed by atoms with Crippen LogP contribution in [-0.4, -0.2) is 11.9 Å². The molecule has 4 nitrogen and oxygen atoms in total. The lowest BCUT2D eigenvalue weighted by Gasteiger charge is -2.17. The maximum atomic E-state index is 12.0. The number of fused-ring (bicyclic) bond motifs is 7. The molecule has 0 radical (unpaired) electrons. The molecule has 5 heteroatoms. The summed E-state index contributed by atoms with van der Waals surface area (Å²) in [5, 5.41) is 7.27. The molecule has 50 heavy (non-hydrogen) atoms. The molecular formula is C45H38O4S. The standard InChI is InChI=1S/C45H38O4S/c1-7-42(46)48-29-17-19-31(28(22-29)21-26(3)4)38-24-40-44(35-15-11-9-13-32(35)38)45-36-16-12-10-14-33(36)39(25-41(45)50-40)34-20-18-30(49-43(47)8-2)23-37(34)27(5)6/h7-20,22-27H,1-2,21H2,3-6H3. The van der Waals surface area contributed by atoms with Crippen molar-refractivity contribution < 1.29 is 19.1 Å². The van der Waals surface area contributed by atoms with E-state index in [0.29, 0.717) is 17.4 Å². The van der Waals surface area contributed by atoms with Crippen molar-refractivity contribution in [3.05, 3.63) is 133 Å². The zero-order chi connectivity index (χ0) is 35.1. The number of benzene rings is 6. The molecule has 1 aromatic heterocycles. The smallest absolute Gasteiger partial charge is 0.335 e. The Balaban J connectivity index is 1.49. The van der Waals surface area contributed by atoms with E-state index in [4.69, 9.17) is 9.47 Å². The molecule has 7 aromatic rings. The van der Waals surface area contributed by atoms with Crippen LogP contribution in [0.5, 0.6) is 11.5 Å². The minimum Gasteiger partial charge on any atom is -0.423 e. The Morgan fingerprint density at radius 3 is 1.60 bits per heavy atom. The molecule has 0 aliphatic heterocycles. The van der Waals surface area contributed by atoms with Crippen LogP contribution in [0.2, 0.25) is 0 Å². The highest BCUT2D eigenvalue weighted by Gasteiger charge is 2.21. The second-order valence-corrected chi connectivity index (χ2v) is 14.4. The van der Waals surface area contributed by atoms with Gasteiger partial charge < -0.3 is 9.47 Å². The second-order valence-electron chi connectivity index (χ2n) is 13.4. The molecule has 0 amide bonds. The van der Waals surface area contributed by atoms with Crippen LogP contribution in [0.3, 0.4) is 0 Å². The SMILES string of the molecule is C=CC(=O)Oc1ccc(-c2cc3sc4cc(-c5ccc(OC(=O)C=C)cc5C(C)C)c5ccccc5c4c3c3ccccc23)c(CC(C)C)c1. The van der Waals surface area contributed by atoms with Crippen LogP contribution in [0.1, 0.15) is 44.7 Å². The molecule has 0 atom stereocenters. The van der Waals surface area contributed by atoms with E-state index in [-0.39, 0.29) is 5.92 Å². The molecule has 0 aliphatic carbocycles. The third-order valence-corrected chi connectivity index (χ3v) is 10.3. The molecule has 0 saturated carbocycles. The van der Waals surface area contributed by atoms with Crippen molar-refractivity contribution in [1.82, 2.24) is 0 Å². The first-order valence-electron chi connectivity index (χ1n) is 16.9. The summed E-state index contributed by atoms with van der Waals surface area (Å²) in [4.78, 5) is 24.0. The first kappa shape index (κ1) is 33.0. The minimum atomic E-state index is -0.473. The lowest BCUT2D eigenvalue weighted by molar-refractivity contribution is -0.129. The minimum absolute atomic E-state index is 0.197. The maximum absolute atomic E-state index is 12.0. The normalized spacial score (nSPS) is 11.6. The summed E-state index contributed by atoms with van der Waals surface area (Å²) in [5.41, 5.74) is 6.81. The fourth-order valence-electron chi connectivity index (χ4n) is 7.09. The highest BCUT2D eigenvalue weighted by atomic mass is 32.1. The van der Waals surface area contributed by atoms with Crippen molar-refractivity contribution in [3.8, 4) is 33.8 Å². The summed E-state index contributed by atoms with van der Waals surface area (Å²) in [6.45, 7) is 15.8. The van der Waals surface area contributed by atoms with Crippen LogP contribution in [0, 0.1) is 5.92 Å². The summed E-state index contributed by atoms with van der Waals surface area (Å²) < 4.78 is 13.5. The van der Waals surface area contributed by atoms with E-state index in [1.807, 2.05) is 35.6 Å². The van der Waals surface area contributed by atoms with Crippen LogP contribution in [0.25, 0.3) is 64.0 Å². The third-order valence-electron chi connectivity index (χ3n) is 9.19. The summed E-state index contributed by atoms with van der Waals surface area (Å²) in [7, 11) is 0. The lowest BCUT2D eigenvalue weighted by atomic mass is 9.87. The highest BCUT2D eigenvalue weighted by Crippen LogP contribution is 2.48. The van der Waals surface area contributed by atoms with E-state index in [1.54, 1.807) is 0 Å². The fourth-order valence-corrected chi connectivity index (χ4v) is 8.31. The van der Waals surface area contributed by atoms with Gasteiger partial charge in [0.1, 0.15) is 11.5 Å². The summed E-state index contributed by atoms with van der Waals surface area (Å²) in [6, 6.07) is 33.9. The van der Waals surface area contributed by atoms with Crippen molar-refractivity contribution in [3.63, 3.8) is 0 Å². The zero-order valence-corrected chi connectivity index (χ0v) is 29.5. The first-order chi connectivity index (χ1) is 24.2. The van der Waals surface area contributed by atoms with Gasteiger partial charge in [0.05, 0.1) is 0 Å². The van der Waals surface area contributed by atoms with E-state index >= 15 is 0 Å². The van der Waals surface area contributed by atoms with Gasteiger partial charge in [-0.15, -0.1) is 11.3 Å². The largest absolute Gasteiger partial charge is 0.423 e. The molecule has 0 bridgehead atoms. The van der Waals surface area contributed by atoms with Crippen molar-refractivity contribution in [2.24, 2.45) is 5.92 Å². The van der Waals surface area contributed by atoms with Gasteiger partial charge in [0.25, 0.3) is 0 Å². The van der Waals surface area contributed by atoms with Gasteiger partial charge in [-0.3, -0.25) is 0 Å². The Morgan fingerprint density at radius 1 is 0.620 bits per heavy atom. The predicted molar refractivity (Wildman–Crippen MR) is 210 cm³/mol. The topological polar surface area (TPSA) is 52.6 Å². The number of hydrogen-bond donors (Lipinski definition) is 0. The number of carbonyl (C=O) groups excluding carboxylic acids is 2. The molecular weight excluding hydrogens is 637 g/mol. The average molecular weight is 675 g/mol. The van der Waals surface area contributed by atoms with Crippen LogP contribution in [-0.2, 0) is 16.0 Å². The molecule has 248 valence electrons. The van der Waals surface area contributed by atoms with Gasteiger partial charge in [-0.1, -0.05) is 102 Å². The van der Waals surface area contributed by atoms with Gasteiger partial charge in [-0.2, -0.15) is 0 Å². The van der Waals surface area contributed by atoms with Gasteiger partial charge in [0.15, 0.2) is 0 Å². The lowest BCUT2D eigenvalue weighted by Crippen LogP contribution is -2.04. The Labute approximate surface area is 296 Å². The number of esters is 2. The monoisotopic (exact) mass is 674 g/mol. The van der Waals surface area contributed by atoms with E-state index in [2.05, 4.69) is 114 Å². The van der Waals surface area contributed by atoms with Gasteiger partial charge in [-0.05, 0) is 110 Å². The van der Waals surface area contributed by atoms with Crippen LogP contribution >= 0.6 is 11.3 Å². The van der Waals surface area contributed by atoms with Crippen LogP contribution < -0.4 is 9.47 Å². The van der Waals surface area contributed by atoms with E-state index in [0.717, 1.165) is 39.8 Å². The number of ether oxygens (including phenoxy) is 2. The van der Waals surface area contributed by atoms with Crippen molar-refractivity contribution in [2.75, 3.05) is 0 Å². The van der Waals surface area contributed by atoms with Crippen molar-refractivity contribution in [2.45, 2.75) is 40.0 Å². The molecule has 0 saturated heterocycles. The van der Waals surface area contributed by atoms with E-state index in [1.165, 1.54) is 53.9 Å². The number of rotatable bonds is 9. The van der Waals surface area contributed by atoms with Crippen LogP contribution in [0.4, 0.5) is 0 Å². The van der Waals surface area contributed by atoms with E-state index in [9.17, 15) is 9.59 Å². The molecule has 7 rings (SSSR count). The first-order valence-corrected chi connectivity index (χ1v) is 17.7. The van der Waals surface area contributed by atoms with Gasteiger partial charge in [0, 0.05) is 32.3 Å². The van der Waals surface area contributed by atoms with Gasteiger partial charge >= 0.3 is 11.9 Å². The molecule has 6 aromatic carbocycles. The van der Waals surface area contributed by atoms with Crippen LogP contribution in [0.15, 0.2) is 122 Å². The fraction of sp³-hybridized carbons (Fsp3) is 0.156. The van der Waals surface area contributed by atoms with Gasteiger partial charge in [0.2, 0.25) is 0 Å². The average Bonchev–Trinajstić information content (AvgIpc) is 3.49. The molecule has 0 N–H and O–H groups in total. The summed E-state index contributed by atoms with van der Waals surface area (Å²) >= 11 is 1.81. The Morgan fingerprint density at radius 2 is 1.10 bits per heavy atom. The third kappa shape index (κ3) is 5.99. The zero-order valence-electron chi connectivity index (χ0n) is 28.7. The Kier molecular flexibility index (Phi) is 8.85. The molecule has 1 heterocycles. The Hall–Kier alpha value is -5.52. The number of carbonyl (C=O) groups is 2. The van der Waals surface area contributed by atoms with Crippen molar-refractivity contribution in [1.29, 1.82) is 0 Å². The summed E-state index contributed by atoms with van der Waals surface area (Å²) in [5.74, 6) is 0.694.